The third-order valence-corrected chi connectivity index (χ3v) is 4.65. The second-order valence-electron chi connectivity index (χ2n) is 3.88. The van der Waals surface area contributed by atoms with Crippen LogP contribution in [-0.2, 0) is 14.8 Å². The van der Waals surface area contributed by atoms with E-state index in [9.17, 15) is 8.42 Å². The number of nitriles is 1. The first kappa shape index (κ1) is 12.8. The van der Waals surface area contributed by atoms with E-state index in [0.29, 0.717) is 26.3 Å². The highest BCUT2D eigenvalue weighted by Gasteiger charge is 2.26. The molecule has 18 heavy (non-hydrogen) atoms. The van der Waals surface area contributed by atoms with Gasteiger partial charge in [0.05, 0.1) is 23.7 Å². The molecule has 2 N–H and O–H groups in total. The predicted octanol–water partition coefficient (Wildman–Crippen LogP) is 0.161. The van der Waals surface area contributed by atoms with E-state index in [1.54, 1.807) is 0 Å². The van der Waals surface area contributed by atoms with Crippen LogP contribution in [0.15, 0.2) is 23.1 Å². The summed E-state index contributed by atoms with van der Waals surface area (Å²) in [4.78, 5) is 0.0927. The number of rotatable bonds is 2. The van der Waals surface area contributed by atoms with Gasteiger partial charge in [0.1, 0.15) is 6.07 Å². The summed E-state index contributed by atoms with van der Waals surface area (Å²) in [5.74, 6) is 0. The van der Waals surface area contributed by atoms with Crippen molar-refractivity contribution >= 4 is 15.7 Å². The van der Waals surface area contributed by atoms with Crippen LogP contribution in [0.3, 0.4) is 0 Å². The fraction of sp³-hybridized carbons (Fsp3) is 0.364. The summed E-state index contributed by atoms with van der Waals surface area (Å²) in [6.45, 7) is 1.43. The van der Waals surface area contributed by atoms with Crippen molar-refractivity contribution in [2.45, 2.75) is 4.90 Å². The zero-order valence-electron chi connectivity index (χ0n) is 9.67. The summed E-state index contributed by atoms with van der Waals surface area (Å²) < 4.78 is 31.0. The molecule has 0 atom stereocenters. The van der Waals surface area contributed by atoms with E-state index in [1.807, 2.05) is 6.07 Å². The molecule has 1 heterocycles. The number of nitrogen functional groups attached to an aromatic ring is 1. The van der Waals surface area contributed by atoms with Gasteiger partial charge in [0.25, 0.3) is 0 Å². The minimum atomic E-state index is -3.56. The predicted molar refractivity (Wildman–Crippen MR) is 65.1 cm³/mol. The molecule has 1 saturated heterocycles. The Balaban J connectivity index is 2.38. The molecule has 96 valence electrons. The monoisotopic (exact) mass is 267 g/mol. The Hall–Kier alpha value is -1.62. The summed E-state index contributed by atoms with van der Waals surface area (Å²) in [6, 6.07) is 6.04. The number of nitrogens with zero attached hydrogens (tertiary/aromatic N) is 2. The lowest BCUT2D eigenvalue weighted by molar-refractivity contribution is 0.0730. The third-order valence-electron chi connectivity index (χ3n) is 2.75. The number of hydrogen-bond donors (Lipinski definition) is 1. The topological polar surface area (TPSA) is 96.4 Å². The molecule has 6 nitrogen and oxygen atoms in total. The molecule has 0 spiro atoms. The average molecular weight is 267 g/mol. The molecule has 1 aliphatic heterocycles. The van der Waals surface area contributed by atoms with E-state index in [4.69, 9.17) is 15.7 Å². The number of morpholine rings is 1. The number of benzene rings is 1. The molecule has 0 radical (unpaired) electrons. The minimum Gasteiger partial charge on any atom is -0.398 e. The summed E-state index contributed by atoms with van der Waals surface area (Å²) in [6.07, 6.45) is 0. The lowest BCUT2D eigenvalue weighted by Crippen LogP contribution is -2.40. The Kier molecular flexibility index (Phi) is 3.52. The first-order valence-corrected chi connectivity index (χ1v) is 6.87. The smallest absolute Gasteiger partial charge is 0.243 e. The standard InChI is InChI=1S/C11H13N3O3S/c12-8-9-7-10(1-2-11(9)13)18(15,16)14-3-5-17-6-4-14/h1-2,7H,3-6,13H2. The molecule has 0 bridgehead atoms. The van der Waals surface area contributed by atoms with Crippen LogP contribution in [-0.4, -0.2) is 39.0 Å². The first-order valence-electron chi connectivity index (χ1n) is 5.43. The highest BCUT2D eigenvalue weighted by Crippen LogP contribution is 2.21. The molecule has 0 aromatic heterocycles. The van der Waals surface area contributed by atoms with Crippen molar-refractivity contribution in [2.24, 2.45) is 0 Å². The van der Waals surface area contributed by atoms with Crippen LogP contribution < -0.4 is 5.73 Å². The van der Waals surface area contributed by atoms with Gasteiger partial charge >= 0.3 is 0 Å². The van der Waals surface area contributed by atoms with Crippen LogP contribution in [0.5, 0.6) is 0 Å². The van der Waals surface area contributed by atoms with Gasteiger partial charge in [-0.1, -0.05) is 0 Å². The molecule has 2 rings (SSSR count). The molecule has 7 heteroatoms. The van der Waals surface area contributed by atoms with Crippen LogP contribution in [0.2, 0.25) is 0 Å². The lowest BCUT2D eigenvalue weighted by atomic mass is 10.2. The summed E-state index contributed by atoms with van der Waals surface area (Å²) >= 11 is 0. The lowest BCUT2D eigenvalue weighted by Gasteiger charge is -2.26. The van der Waals surface area contributed by atoms with Crippen molar-refractivity contribution in [2.75, 3.05) is 32.0 Å². The number of anilines is 1. The zero-order chi connectivity index (χ0) is 13.2. The maximum absolute atomic E-state index is 12.3. The van der Waals surface area contributed by atoms with Gasteiger partial charge in [-0.25, -0.2) is 8.42 Å². The molecule has 1 aliphatic rings. The largest absolute Gasteiger partial charge is 0.398 e. The minimum absolute atomic E-state index is 0.0927. The quantitative estimate of drug-likeness (QED) is 0.770. The second-order valence-corrected chi connectivity index (χ2v) is 5.82. The van der Waals surface area contributed by atoms with Crippen molar-refractivity contribution in [3.63, 3.8) is 0 Å². The van der Waals surface area contributed by atoms with Crippen LogP contribution in [0.1, 0.15) is 5.56 Å². The number of hydrogen-bond acceptors (Lipinski definition) is 5. The van der Waals surface area contributed by atoms with Crippen molar-refractivity contribution < 1.29 is 13.2 Å². The number of sulfonamides is 1. The van der Waals surface area contributed by atoms with E-state index in [1.165, 1.54) is 22.5 Å². The molecule has 1 aromatic rings. The molecule has 1 aromatic carbocycles. The normalized spacial score (nSPS) is 17.3. The van der Waals surface area contributed by atoms with Gasteiger partial charge in [0.2, 0.25) is 10.0 Å². The Labute approximate surface area is 106 Å². The van der Waals surface area contributed by atoms with E-state index in [2.05, 4.69) is 0 Å². The summed E-state index contributed by atoms with van der Waals surface area (Å²) in [5.41, 5.74) is 6.02. The van der Waals surface area contributed by atoms with Crippen LogP contribution >= 0.6 is 0 Å². The zero-order valence-corrected chi connectivity index (χ0v) is 10.5. The molecule has 0 aliphatic carbocycles. The van der Waals surface area contributed by atoms with Gasteiger partial charge in [0.15, 0.2) is 0 Å². The first-order chi connectivity index (χ1) is 8.55. The fourth-order valence-corrected chi connectivity index (χ4v) is 3.16. The Morgan fingerprint density at radius 2 is 2.00 bits per heavy atom. The third kappa shape index (κ3) is 2.31. The van der Waals surface area contributed by atoms with Gasteiger partial charge in [-0.15, -0.1) is 0 Å². The van der Waals surface area contributed by atoms with Gasteiger partial charge in [-0.05, 0) is 18.2 Å². The maximum Gasteiger partial charge on any atom is 0.243 e. The SMILES string of the molecule is N#Cc1cc(S(=O)(=O)N2CCOCC2)ccc1N. The van der Waals surface area contributed by atoms with E-state index in [0.717, 1.165) is 0 Å². The Morgan fingerprint density at radius 1 is 1.33 bits per heavy atom. The van der Waals surface area contributed by atoms with Crippen molar-refractivity contribution in [3.8, 4) is 6.07 Å². The van der Waals surface area contributed by atoms with Gasteiger partial charge in [-0.3, -0.25) is 0 Å². The Bertz CT molecular complexity index is 586. The van der Waals surface area contributed by atoms with Gasteiger partial charge in [-0.2, -0.15) is 9.57 Å². The van der Waals surface area contributed by atoms with Crippen LogP contribution in [0, 0.1) is 11.3 Å². The van der Waals surface area contributed by atoms with Crippen molar-refractivity contribution in [1.82, 2.24) is 4.31 Å². The molecule has 0 saturated carbocycles. The average Bonchev–Trinajstić information content (AvgIpc) is 2.40. The fourth-order valence-electron chi connectivity index (χ4n) is 1.73. The van der Waals surface area contributed by atoms with Gasteiger partial charge in [0, 0.05) is 18.8 Å². The van der Waals surface area contributed by atoms with E-state index < -0.39 is 10.0 Å². The Morgan fingerprint density at radius 3 is 2.61 bits per heavy atom. The molecule has 0 amide bonds. The molecule has 0 unspecified atom stereocenters. The maximum atomic E-state index is 12.3. The highest BCUT2D eigenvalue weighted by molar-refractivity contribution is 7.89. The van der Waals surface area contributed by atoms with Crippen LogP contribution in [0.25, 0.3) is 0 Å². The van der Waals surface area contributed by atoms with Crippen molar-refractivity contribution in [1.29, 1.82) is 5.26 Å². The molecule has 1 fully saturated rings. The number of nitrogens with two attached hydrogens (primary N) is 1. The summed E-state index contributed by atoms with van der Waals surface area (Å²) in [5, 5.41) is 8.86. The highest BCUT2D eigenvalue weighted by atomic mass is 32.2. The second kappa shape index (κ2) is 4.94. The molecular formula is C11H13N3O3S. The van der Waals surface area contributed by atoms with Crippen molar-refractivity contribution in [3.05, 3.63) is 23.8 Å². The van der Waals surface area contributed by atoms with Gasteiger partial charge < -0.3 is 10.5 Å². The number of ether oxygens (including phenoxy) is 1. The molecular weight excluding hydrogens is 254 g/mol. The van der Waals surface area contributed by atoms with Crippen LogP contribution in [0.4, 0.5) is 5.69 Å². The summed E-state index contributed by atoms with van der Waals surface area (Å²) in [7, 11) is -3.56. The van der Waals surface area contributed by atoms with E-state index >= 15 is 0 Å². The van der Waals surface area contributed by atoms with E-state index in [-0.39, 0.29) is 16.1 Å².